The van der Waals surface area contributed by atoms with Gasteiger partial charge in [0.2, 0.25) is 0 Å². The number of hydrogen-bond donors (Lipinski definition) is 1. The van der Waals surface area contributed by atoms with Crippen LogP contribution in [0, 0.1) is 24.2 Å². The average Bonchev–Trinajstić information content (AvgIpc) is 2.61. The Morgan fingerprint density at radius 3 is 2.75 bits per heavy atom. The van der Waals surface area contributed by atoms with Gasteiger partial charge in [-0.1, -0.05) is 0 Å². The highest BCUT2D eigenvalue weighted by atomic mass is 16.5. The number of anilines is 2. The zero-order valence-electron chi connectivity index (χ0n) is 14.7. The lowest BCUT2D eigenvalue weighted by atomic mass is 10.1. The molecule has 0 radical (unpaired) electrons. The number of urea groups is 1. The van der Waals surface area contributed by atoms with E-state index in [4.69, 9.17) is 10.00 Å². The Balaban J connectivity index is 2.03. The third-order valence-electron chi connectivity index (χ3n) is 4.21. The molecule has 1 aliphatic heterocycles. The summed E-state index contributed by atoms with van der Waals surface area (Å²) in [6.07, 6.45) is 0. The largest absolute Gasteiger partial charge is 0.378 e. The van der Waals surface area contributed by atoms with Crippen LogP contribution in [0.1, 0.15) is 19.4 Å². The van der Waals surface area contributed by atoms with E-state index >= 15 is 0 Å². The van der Waals surface area contributed by atoms with Gasteiger partial charge in [0.15, 0.2) is 0 Å². The predicted molar refractivity (Wildman–Crippen MR) is 95.3 cm³/mol. The molecule has 1 aromatic carbocycles. The van der Waals surface area contributed by atoms with E-state index in [0.29, 0.717) is 13.1 Å². The number of carbonyl (C=O) groups is 1. The monoisotopic (exact) mass is 330 g/mol. The maximum absolute atomic E-state index is 12.4. The molecule has 1 heterocycles. The minimum atomic E-state index is -0.180. The van der Waals surface area contributed by atoms with Crippen molar-refractivity contribution >= 4 is 17.4 Å². The van der Waals surface area contributed by atoms with E-state index < -0.39 is 0 Å². The zero-order chi connectivity index (χ0) is 17.5. The predicted octanol–water partition coefficient (Wildman–Crippen LogP) is 2.85. The van der Waals surface area contributed by atoms with Gasteiger partial charge in [-0.05, 0) is 44.5 Å². The zero-order valence-corrected chi connectivity index (χ0v) is 14.7. The molecular weight excluding hydrogens is 304 g/mol. The number of ether oxygens (including phenoxy) is 1. The van der Waals surface area contributed by atoms with Gasteiger partial charge in [0, 0.05) is 37.6 Å². The summed E-state index contributed by atoms with van der Waals surface area (Å²) in [5.41, 5.74) is 2.98. The Labute approximate surface area is 144 Å². The minimum Gasteiger partial charge on any atom is -0.378 e. The molecule has 1 saturated heterocycles. The minimum absolute atomic E-state index is 0.165. The molecule has 0 bridgehead atoms. The van der Waals surface area contributed by atoms with Gasteiger partial charge in [0.25, 0.3) is 0 Å². The van der Waals surface area contributed by atoms with Crippen molar-refractivity contribution in [3.05, 3.63) is 23.8 Å². The summed E-state index contributed by atoms with van der Waals surface area (Å²) in [5.74, 6) is -0.180. The van der Waals surface area contributed by atoms with Crippen molar-refractivity contribution in [1.29, 1.82) is 5.26 Å². The Hall–Kier alpha value is -2.26. The molecule has 1 atom stereocenters. The molecule has 1 aromatic rings. The van der Waals surface area contributed by atoms with Crippen LogP contribution in [0.5, 0.6) is 0 Å². The number of amides is 2. The van der Waals surface area contributed by atoms with Crippen LogP contribution >= 0.6 is 0 Å². The van der Waals surface area contributed by atoms with Crippen LogP contribution in [0.4, 0.5) is 16.2 Å². The fourth-order valence-corrected chi connectivity index (χ4v) is 2.73. The Morgan fingerprint density at radius 1 is 1.46 bits per heavy atom. The first-order valence-electron chi connectivity index (χ1n) is 8.44. The van der Waals surface area contributed by atoms with Crippen LogP contribution in [0.3, 0.4) is 0 Å². The summed E-state index contributed by atoms with van der Waals surface area (Å²) in [5, 5.41) is 11.9. The summed E-state index contributed by atoms with van der Waals surface area (Å²) < 4.78 is 5.38. The normalized spacial score (nSPS) is 15.5. The third kappa shape index (κ3) is 4.62. The second-order valence-electron chi connectivity index (χ2n) is 6.10. The number of nitrogens with one attached hydrogen (secondary N) is 1. The highest BCUT2D eigenvalue weighted by Gasteiger charge is 2.17. The molecule has 0 spiro atoms. The molecule has 2 rings (SSSR count). The fraction of sp³-hybridized carbons (Fsp3) is 0.556. The molecule has 0 aromatic heterocycles. The smallest absolute Gasteiger partial charge is 0.321 e. The number of benzene rings is 1. The lowest BCUT2D eigenvalue weighted by Gasteiger charge is -2.29. The van der Waals surface area contributed by atoms with Crippen LogP contribution in [-0.2, 0) is 4.74 Å². The van der Waals surface area contributed by atoms with Gasteiger partial charge in [-0.3, -0.25) is 0 Å². The number of carbonyl (C=O) groups excluding carboxylic acids is 1. The second kappa shape index (κ2) is 8.55. The summed E-state index contributed by atoms with van der Waals surface area (Å²) in [6, 6.07) is 8.07. The molecule has 6 heteroatoms. The average molecular weight is 330 g/mol. The summed E-state index contributed by atoms with van der Waals surface area (Å²) in [4.78, 5) is 16.4. The molecule has 1 N–H and O–H groups in total. The van der Waals surface area contributed by atoms with Crippen LogP contribution in [-0.4, -0.2) is 50.3 Å². The standard InChI is InChI=1S/C18H26N4O2/c1-4-21(13-14(2)12-19)18(23)20-17-6-5-16(11-15(17)3)22-7-9-24-10-8-22/h5-6,11,14H,4,7-10,13H2,1-3H3,(H,20,23)/t14-/m1/s1. The van der Waals surface area contributed by atoms with Gasteiger partial charge in [-0.2, -0.15) is 5.26 Å². The van der Waals surface area contributed by atoms with E-state index in [2.05, 4.69) is 22.4 Å². The molecule has 0 saturated carbocycles. The highest BCUT2D eigenvalue weighted by molar-refractivity contribution is 5.90. The van der Waals surface area contributed by atoms with Crippen molar-refractivity contribution in [2.75, 3.05) is 49.6 Å². The van der Waals surface area contributed by atoms with Gasteiger partial charge < -0.3 is 19.9 Å². The van der Waals surface area contributed by atoms with Gasteiger partial charge >= 0.3 is 6.03 Å². The number of hydrogen-bond acceptors (Lipinski definition) is 4. The van der Waals surface area contributed by atoms with Crippen LogP contribution in [0.2, 0.25) is 0 Å². The molecule has 2 amide bonds. The van der Waals surface area contributed by atoms with Crippen LogP contribution < -0.4 is 10.2 Å². The summed E-state index contributed by atoms with van der Waals surface area (Å²) in [6.45, 7) is 10.0. The Kier molecular flexibility index (Phi) is 6.44. The maximum atomic E-state index is 12.4. The quantitative estimate of drug-likeness (QED) is 0.901. The van der Waals surface area contributed by atoms with E-state index in [1.807, 2.05) is 32.9 Å². The summed E-state index contributed by atoms with van der Waals surface area (Å²) >= 11 is 0. The van der Waals surface area contributed by atoms with Crippen molar-refractivity contribution in [2.24, 2.45) is 5.92 Å². The molecular formula is C18H26N4O2. The summed E-state index contributed by atoms with van der Waals surface area (Å²) in [7, 11) is 0. The van der Waals surface area contributed by atoms with E-state index in [-0.39, 0.29) is 11.9 Å². The lowest BCUT2D eigenvalue weighted by molar-refractivity contribution is 0.122. The number of nitrogens with zero attached hydrogens (tertiary/aromatic N) is 3. The van der Waals surface area contributed by atoms with E-state index in [1.54, 1.807) is 4.90 Å². The topological polar surface area (TPSA) is 68.6 Å². The van der Waals surface area contributed by atoms with E-state index in [1.165, 1.54) is 0 Å². The molecule has 130 valence electrons. The van der Waals surface area contributed by atoms with Gasteiger partial charge in [-0.25, -0.2) is 4.79 Å². The molecule has 1 fully saturated rings. The number of nitriles is 1. The van der Waals surface area contributed by atoms with Crippen molar-refractivity contribution in [2.45, 2.75) is 20.8 Å². The first kappa shape index (κ1) is 18.1. The van der Waals surface area contributed by atoms with Crippen LogP contribution in [0.25, 0.3) is 0 Å². The third-order valence-corrected chi connectivity index (χ3v) is 4.21. The number of rotatable bonds is 5. The van der Waals surface area contributed by atoms with Crippen molar-refractivity contribution < 1.29 is 9.53 Å². The SMILES string of the molecule is CCN(C[C@H](C)C#N)C(=O)Nc1ccc(N2CCOCC2)cc1C. The Bertz CT molecular complexity index is 606. The second-order valence-corrected chi connectivity index (χ2v) is 6.10. The molecule has 0 unspecified atom stereocenters. The number of aryl methyl sites for hydroxylation is 1. The van der Waals surface area contributed by atoms with Crippen LogP contribution in [0.15, 0.2) is 18.2 Å². The van der Waals surface area contributed by atoms with Crippen molar-refractivity contribution in [3.63, 3.8) is 0 Å². The van der Waals surface area contributed by atoms with Crippen molar-refractivity contribution in [3.8, 4) is 6.07 Å². The fourth-order valence-electron chi connectivity index (χ4n) is 2.73. The molecule has 0 aliphatic carbocycles. The van der Waals surface area contributed by atoms with Gasteiger partial charge in [0.1, 0.15) is 0 Å². The molecule has 1 aliphatic rings. The molecule has 6 nitrogen and oxygen atoms in total. The van der Waals surface area contributed by atoms with Crippen molar-refractivity contribution in [1.82, 2.24) is 4.90 Å². The Morgan fingerprint density at radius 2 is 2.17 bits per heavy atom. The number of morpholine rings is 1. The van der Waals surface area contributed by atoms with E-state index in [0.717, 1.165) is 43.2 Å². The van der Waals surface area contributed by atoms with Gasteiger partial charge in [-0.15, -0.1) is 0 Å². The lowest BCUT2D eigenvalue weighted by Crippen LogP contribution is -2.38. The highest BCUT2D eigenvalue weighted by Crippen LogP contribution is 2.23. The van der Waals surface area contributed by atoms with Gasteiger partial charge in [0.05, 0.1) is 25.2 Å². The maximum Gasteiger partial charge on any atom is 0.321 e. The first-order chi connectivity index (χ1) is 11.5. The van der Waals surface area contributed by atoms with E-state index in [9.17, 15) is 4.79 Å². The molecule has 24 heavy (non-hydrogen) atoms. The first-order valence-corrected chi connectivity index (χ1v) is 8.44.